The first-order chi connectivity index (χ1) is 17.5. The van der Waals surface area contributed by atoms with E-state index < -0.39 is 29.8 Å². The molecule has 8 heteroatoms. The molecule has 2 N–H and O–H groups in total. The number of aromatic nitrogens is 1. The molecule has 8 nitrogen and oxygen atoms in total. The van der Waals surface area contributed by atoms with Crippen molar-refractivity contribution in [3.8, 4) is 11.5 Å². The number of pyridine rings is 1. The van der Waals surface area contributed by atoms with Gasteiger partial charge in [-0.25, -0.2) is 9.78 Å². The van der Waals surface area contributed by atoms with E-state index in [1.807, 2.05) is 55.5 Å². The SMILES string of the molecule is COc1ccnc(C(=O)N[C@H]2COC[C@H](Cc3ccccc3)[C@@H](c3ccccc3)[C@H](C)OC2=O)c1O. The number of nitrogens with zero attached hydrogens (tertiary/aromatic N) is 1. The van der Waals surface area contributed by atoms with Gasteiger partial charge in [0.2, 0.25) is 0 Å². The summed E-state index contributed by atoms with van der Waals surface area (Å²) in [5.41, 5.74) is 1.96. The minimum absolute atomic E-state index is 0.0242. The van der Waals surface area contributed by atoms with Crippen molar-refractivity contribution in [1.29, 1.82) is 0 Å². The minimum Gasteiger partial charge on any atom is -0.503 e. The number of carbonyl (C=O) groups excluding carboxylic acids is 2. The maximum Gasteiger partial charge on any atom is 0.331 e. The van der Waals surface area contributed by atoms with Crippen LogP contribution in [0.1, 0.15) is 34.5 Å². The maximum absolute atomic E-state index is 13.1. The van der Waals surface area contributed by atoms with Gasteiger partial charge in [-0.2, -0.15) is 0 Å². The van der Waals surface area contributed by atoms with Gasteiger partial charge in [0.15, 0.2) is 23.2 Å². The van der Waals surface area contributed by atoms with Crippen LogP contribution in [0.2, 0.25) is 0 Å². The Balaban J connectivity index is 1.57. The van der Waals surface area contributed by atoms with Crippen LogP contribution in [0, 0.1) is 5.92 Å². The molecule has 0 spiro atoms. The molecule has 2 heterocycles. The van der Waals surface area contributed by atoms with Crippen LogP contribution in [0.5, 0.6) is 11.5 Å². The molecule has 1 aliphatic rings. The number of amides is 1. The summed E-state index contributed by atoms with van der Waals surface area (Å²) in [6.07, 6.45) is 1.60. The Hall–Kier alpha value is -3.91. The van der Waals surface area contributed by atoms with Gasteiger partial charge in [0, 0.05) is 18.2 Å². The van der Waals surface area contributed by atoms with Gasteiger partial charge < -0.3 is 24.6 Å². The van der Waals surface area contributed by atoms with Crippen molar-refractivity contribution in [1.82, 2.24) is 10.3 Å². The van der Waals surface area contributed by atoms with E-state index in [9.17, 15) is 14.7 Å². The van der Waals surface area contributed by atoms with Gasteiger partial charge in [-0.3, -0.25) is 4.79 Å². The number of cyclic esters (lactones) is 1. The maximum atomic E-state index is 13.1. The highest BCUT2D eigenvalue weighted by Gasteiger charge is 2.36. The number of methoxy groups -OCH3 is 1. The lowest BCUT2D eigenvalue weighted by Crippen LogP contribution is -2.46. The average molecular weight is 491 g/mol. The van der Waals surface area contributed by atoms with Crippen LogP contribution in [-0.2, 0) is 20.7 Å². The highest BCUT2D eigenvalue weighted by molar-refractivity contribution is 5.98. The van der Waals surface area contributed by atoms with Crippen molar-refractivity contribution in [3.05, 3.63) is 89.7 Å². The molecule has 3 aromatic rings. The minimum atomic E-state index is -1.07. The molecule has 0 unspecified atom stereocenters. The van der Waals surface area contributed by atoms with E-state index in [0.29, 0.717) is 6.61 Å². The molecule has 0 saturated carbocycles. The van der Waals surface area contributed by atoms with Crippen LogP contribution < -0.4 is 10.1 Å². The number of rotatable bonds is 6. The number of hydrogen-bond acceptors (Lipinski definition) is 7. The van der Waals surface area contributed by atoms with Gasteiger partial charge in [-0.05, 0) is 30.4 Å². The van der Waals surface area contributed by atoms with Gasteiger partial charge >= 0.3 is 5.97 Å². The first-order valence-electron chi connectivity index (χ1n) is 11.9. The Kier molecular flexibility index (Phi) is 8.17. The van der Waals surface area contributed by atoms with Gasteiger partial charge in [-0.1, -0.05) is 60.7 Å². The zero-order chi connectivity index (χ0) is 25.5. The van der Waals surface area contributed by atoms with Crippen molar-refractivity contribution >= 4 is 11.9 Å². The third-order valence-corrected chi connectivity index (χ3v) is 6.37. The highest BCUT2D eigenvalue weighted by atomic mass is 16.6. The molecule has 0 bridgehead atoms. The quantitative estimate of drug-likeness (QED) is 0.510. The lowest BCUT2D eigenvalue weighted by atomic mass is 9.79. The average Bonchev–Trinajstić information content (AvgIpc) is 2.94. The molecule has 4 rings (SSSR count). The molecular formula is C28H30N2O6. The second-order valence-corrected chi connectivity index (χ2v) is 8.80. The molecule has 2 aromatic carbocycles. The third kappa shape index (κ3) is 5.83. The lowest BCUT2D eigenvalue weighted by Gasteiger charge is -2.31. The van der Waals surface area contributed by atoms with Gasteiger partial charge in [0.1, 0.15) is 6.10 Å². The van der Waals surface area contributed by atoms with E-state index in [-0.39, 0.29) is 29.9 Å². The van der Waals surface area contributed by atoms with Crippen LogP contribution in [0.15, 0.2) is 72.9 Å². The summed E-state index contributed by atoms with van der Waals surface area (Å²) < 4.78 is 16.9. The fourth-order valence-electron chi connectivity index (χ4n) is 4.65. The first-order valence-corrected chi connectivity index (χ1v) is 11.9. The van der Waals surface area contributed by atoms with E-state index in [4.69, 9.17) is 14.2 Å². The van der Waals surface area contributed by atoms with Gasteiger partial charge in [0.05, 0.1) is 20.3 Å². The number of esters is 1. The fourth-order valence-corrected chi connectivity index (χ4v) is 4.65. The Bertz CT molecular complexity index is 1170. The van der Waals surface area contributed by atoms with E-state index in [2.05, 4.69) is 22.4 Å². The van der Waals surface area contributed by atoms with E-state index in [1.165, 1.54) is 19.4 Å². The predicted molar refractivity (Wildman–Crippen MR) is 133 cm³/mol. The molecule has 1 amide bonds. The van der Waals surface area contributed by atoms with Crippen LogP contribution in [0.3, 0.4) is 0 Å². The lowest BCUT2D eigenvalue weighted by molar-refractivity contribution is -0.152. The largest absolute Gasteiger partial charge is 0.503 e. The number of hydrogen-bond donors (Lipinski definition) is 2. The molecular weight excluding hydrogens is 460 g/mol. The molecule has 1 saturated heterocycles. The Labute approximate surface area is 210 Å². The van der Waals surface area contributed by atoms with E-state index >= 15 is 0 Å². The molecule has 0 aliphatic carbocycles. The number of benzene rings is 2. The zero-order valence-electron chi connectivity index (χ0n) is 20.3. The monoisotopic (exact) mass is 490 g/mol. The molecule has 4 atom stereocenters. The Morgan fingerprint density at radius 1 is 1.08 bits per heavy atom. The standard InChI is InChI=1S/C28H30N2O6/c1-18-24(20-11-7-4-8-12-20)21(15-19-9-5-3-6-10-19)16-35-17-22(28(33)36-18)30-27(32)25-26(31)23(34-2)13-14-29-25/h3-14,18,21-22,24,31H,15-17H2,1-2H3,(H,30,32)/t18-,21-,22-,24+/m0/s1. The molecule has 1 aromatic heterocycles. The molecule has 1 fully saturated rings. The summed E-state index contributed by atoms with van der Waals surface area (Å²) in [5.74, 6) is -1.74. The highest BCUT2D eigenvalue weighted by Crippen LogP contribution is 2.34. The third-order valence-electron chi connectivity index (χ3n) is 6.37. The van der Waals surface area contributed by atoms with Crippen molar-refractivity contribution in [3.63, 3.8) is 0 Å². The summed E-state index contributed by atoms with van der Waals surface area (Å²) in [6.45, 7) is 2.16. The number of nitrogens with one attached hydrogen (secondary N) is 1. The summed E-state index contributed by atoms with van der Waals surface area (Å²) in [6, 6.07) is 20.4. The topological polar surface area (TPSA) is 107 Å². The summed E-state index contributed by atoms with van der Waals surface area (Å²) >= 11 is 0. The van der Waals surface area contributed by atoms with E-state index in [0.717, 1.165) is 17.5 Å². The Morgan fingerprint density at radius 3 is 2.47 bits per heavy atom. The number of carbonyl (C=O) groups is 2. The summed E-state index contributed by atoms with van der Waals surface area (Å²) in [4.78, 5) is 29.9. The van der Waals surface area contributed by atoms with Gasteiger partial charge in [-0.15, -0.1) is 0 Å². The second kappa shape index (κ2) is 11.7. The molecule has 36 heavy (non-hydrogen) atoms. The number of ether oxygens (including phenoxy) is 3. The van der Waals surface area contributed by atoms with Crippen LogP contribution >= 0.6 is 0 Å². The van der Waals surface area contributed by atoms with Gasteiger partial charge in [0.25, 0.3) is 5.91 Å². The number of aromatic hydroxyl groups is 1. The summed E-state index contributed by atoms with van der Waals surface area (Å²) in [5, 5.41) is 12.9. The van der Waals surface area contributed by atoms with Crippen LogP contribution in [0.25, 0.3) is 0 Å². The molecule has 0 radical (unpaired) electrons. The van der Waals surface area contributed by atoms with Crippen molar-refractivity contribution < 1.29 is 28.9 Å². The predicted octanol–water partition coefficient (Wildman–Crippen LogP) is 3.50. The molecule has 188 valence electrons. The van der Waals surface area contributed by atoms with Crippen molar-refractivity contribution in [2.45, 2.75) is 31.4 Å². The van der Waals surface area contributed by atoms with E-state index in [1.54, 1.807) is 0 Å². The van der Waals surface area contributed by atoms with Crippen LogP contribution in [0.4, 0.5) is 0 Å². The Morgan fingerprint density at radius 2 is 1.78 bits per heavy atom. The summed E-state index contributed by atoms with van der Waals surface area (Å²) in [7, 11) is 1.37. The fraction of sp³-hybridized carbons (Fsp3) is 0.321. The zero-order valence-corrected chi connectivity index (χ0v) is 20.3. The smallest absolute Gasteiger partial charge is 0.331 e. The van der Waals surface area contributed by atoms with Crippen LogP contribution in [-0.4, -0.2) is 54.4 Å². The first kappa shape index (κ1) is 25.2. The van der Waals surface area contributed by atoms with Crippen molar-refractivity contribution in [2.24, 2.45) is 5.92 Å². The normalized spacial score (nSPS) is 22.4. The van der Waals surface area contributed by atoms with Crippen molar-refractivity contribution in [2.75, 3.05) is 20.3 Å². The second-order valence-electron chi connectivity index (χ2n) is 8.80. The molecule has 1 aliphatic heterocycles.